The van der Waals surface area contributed by atoms with E-state index in [1.807, 2.05) is 54.6 Å². The van der Waals surface area contributed by atoms with Crippen LogP contribution >= 0.6 is 10.3 Å². The van der Waals surface area contributed by atoms with Gasteiger partial charge in [-0.15, -0.1) is 0 Å². The number of hydrogen-bond donors (Lipinski definition) is 1. The normalized spacial score (nSPS) is 23.1. The standard InChI is InChI=1S/C26H27NO2S/c28-26(27-25-19-20-16-17-21(25)18-20)29-30(22-10-4-1-5-11-22,23-12-6-2-7-13-23)24-14-8-3-9-15-24/h1-15,20-21,25H,16-19H2,(H,27,28). The van der Waals surface area contributed by atoms with Crippen molar-refractivity contribution in [2.75, 3.05) is 0 Å². The molecule has 2 aliphatic carbocycles. The van der Waals surface area contributed by atoms with E-state index in [0.29, 0.717) is 5.92 Å². The van der Waals surface area contributed by atoms with E-state index in [0.717, 1.165) is 27.0 Å². The molecule has 0 saturated heterocycles. The average Bonchev–Trinajstić information content (AvgIpc) is 3.43. The summed E-state index contributed by atoms with van der Waals surface area (Å²) in [6.45, 7) is 0. The van der Waals surface area contributed by atoms with Gasteiger partial charge < -0.3 is 9.50 Å². The SMILES string of the molecule is O=C(NC1CC2CCC1C2)OS(c1ccccc1)(c1ccccc1)c1ccccc1. The topological polar surface area (TPSA) is 38.3 Å². The second-order valence-corrected chi connectivity index (χ2v) is 11.0. The summed E-state index contributed by atoms with van der Waals surface area (Å²) in [5.41, 5.74) is 0. The molecule has 30 heavy (non-hydrogen) atoms. The molecule has 154 valence electrons. The smallest absolute Gasteiger partial charge is 0.386 e. The molecule has 3 nitrogen and oxygen atoms in total. The Morgan fingerprint density at radius 1 is 0.733 bits per heavy atom. The Balaban J connectivity index is 1.56. The monoisotopic (exact) mass is 417 g/mol. The average molecular weight is 418 g/mol. The van der Waals surface area contributed by atoms with E-state index in [2.05, 4.69) is 41.7 Å². The minimum Gasteiger partial charge on any atom is -0.386 e. The first kappa shape index (κ1) is 19.3. The number of carbonyl (C=O) groups excluding carboxylic acids is 1. The number of benzene rings is 3. The first-order valence-corrected chi connectivity index (χ1v) is 12.3. The van der Waals surface area contributed by atoms with E-state index in [1.165, 1.54) is 19.3 Å². The third-order valence-electron chi connectivity index (χ3n) is 6.47. The lowest BCUT2D eigenvalue weighted by Gasteiger charge is -2.40. The van der Waals surface area contributed by atoms with Crippen molar-refractivity contribution in [3.05, 3.63) is 91.0 Å². The summed E-state index contributed by atoms with van der Waals surface area (Å²) in [4.78, 5) is 16.4. The summed E-state index contributed by atoms with van der Waals surface area (Å²) in [5.74, 6) is 1.38. The van der Waals surface area contributed by atoms with Crippen LogP contribution in [0.4, 0.5) is 4.79 Å². The van der Waals surface area contributed by atoms with Crippen LogP contribution in [0.15, 0.2) is 106 Å². The maximum absolute atomic E-state index is 13.3. The molecule has 3 atom stereocenters. The van der Waals surface area contributed by atoms with Crippen molar-refractivity contribution in [2.24, 2.45) is 11.8 Å². The van der Waals surface area contributed by atoms with Crippen LogP contribution in [0.2, 0.25) is 0 Å². The number of nitrogens with one attached hydrogen (secondary N) is 1. The summed E-state index contributed by atoms with van der Waals surface area (Å²) in [5, 5.41) is 3.23. The quantitative estimate of drug-likeness (QED) is 0.496. The summed E-state index contributed by atoms with van der Waals surface area (Å²) in [7, 11) is -2.20. The molecule has 0 aliphatic heterocycles. The summed E-state index contributed by atoms with van der Waals surface area (Å²) < 4.78 is 6.50. The van der Waals surface area contributed by atoms with Gasteiger partial charge in [0.05, 0.1) is 0 Å². The molecule has 3 unspecified atom stereocenters. The predicted octanol–water partition coefficient (Wildman–Crippen LogP) is 6.80. The predicted molar refractivity (Wildman–Crippen MR) is 121 cm³/mol. The minimum atomic E-state index is -2.20. The van der Waals surface area contributed by atoms with Crippen molar-refractivity contribution < 1.29 is 8.98 Å². The molecule has 0 heterocycles. The van der Waals surface area contributed by atoms with Gasteiger partial charge in [0.1, 0.15) is 0 Å². The highest BCUT2D eigenvalue weighted by Gasteiger charge is 2.42. The number of carbonyl (C=O) groups is 1. The molecule has 2 aliphatic rings. The Hall–Kier alpha value is -2.72. The highest BCUT2D eigenvalue weighted by Crippen LogP contribution is 2.69. The lowest BCUT2D eigenvalue weighted by Crippen LogP contribution is -2.39. The van der Waals surface area contributed by atoms with Crippen LogP contribution in [-0.4, -0.2) is 12.1 Å². The zero-order valence-electron chi connectivity index (χ0n) is 16.9. The van der Waals surface area contributed by atoms with Crippen molar-refractivity contribution in [3.8, 4) is 0 Å². The van der Waals surface area contributed by atoms with E-state index in [9.17, 15) is 4.79 Å². The molecule has 1 N–H and O–H groups in total. The van der Waals surface area contributed by atoms with Crippen LogP contribution in [0.3, 0.4) is 0 Å². The third kappa shape index (κ3) is 3.50. The fourth-order valence-electron chi connectivity index (χ4n) is 5.10. The molecule has 5 rings (SSSR count). The second kappa shape index (κ2) is 8.19. The highest BCUT2D eigenvalue weighted by atomic mass is 32.3. The summed E-state index contributed by atoms with van der Waals surface area (Å²) in [6, 6.07) is 30.7. The van der Waals surface area contributed by atoms with Gasteiger partial charge in [0.15, 0.2) is 0 Å². The van der Waals surface area contributed by atoms with E-state index in [4.69, 9.17) is 4.18 Å². The zero-order chi connectivity index (χ0) is 20.4. The number of hydrogen-bond acceptors (Lipinski definition) is 2. The van der Waals surface area contributed by atoms with E-state index < -0.39 is 10.3 Å². The van der Waals surface area contributed by atoms with Crippen molar-refractivity contribution in [1.29, 1.82) is 0 Å². The molecular weight excluding hydrogens is 390 g/mol. The number of amides is 1. The Kier molecular flexibility index (Phi) is 5.26. The highest BCUT2D eigenvalue weighted by molar-refractivity contribution is 8.30. The van der Waals surface area contributed by atoms with Gasteiger partial charge in [-0.3, -0.25) is 0 Å². The van der Waals surface area contributed by atoms with Crippen molar-refractivity contribution in [2.45, 2.75) is 46.4 Å². The van der Waals surface area contributed by atoms with E-state index in [-0.39, 0.29) is 12.1 Å². The fraction of sp³-hybridized carbons (Fsp3) is 0.269. The number of fused-ring (bicyclic) bond motifs is 2. The Morgan fingerprint density at radius 2 is 1.23 bits per heavy atom. The third-order valence-corrected chi connectivity index (χ3v) is 9.68. The first-order valence-electron chi connectivity index (χ1n) is 10.7. The van der Waals surface area contributed by atoms with Gasteiger partial charge >= 0.3 is 6.09 Å². The van der Waals surface area contributed by atoms with Crippen molar-refractivity contribution in [3.63, 3.8) is 0 Å². The fourth-order valence-corrected chi connectivity index (χ4v) is 8.10. The molecule has 3 aromatic carbocycles. The molecular formula is C26H27NO2S. The molecule has 0 spiro atoms. The molecule has 2 fully saturated rings. The Morgan fingerprint density at radius 3 is 1.63 bits per heavy atom. The van der Waals surface area contributed by atoms with Crippen LogP contribution < -0.4 is 5.32 Å². The van der Waals surface area contributed by atoms with Gasteiger partial charge in [-0.1, -0.05) is 61.0 Å². The lowest BCUT2D eigenvalue weighted by atomic mass is 9.96. The maximum atomic E-state index is 13.3. The van der Waals surface area contributed by atoms with Crippen LogP contribution in [0, 0.1) is 11.8 Å². The lowest BCUT2D eigenvalue weighted by molar-refractivity contribution is 0.195. The van der Waals surface area contributed by atoms with Gasteiger partial charge in [-0.2, -0.15) is 0 Å². The second-order valence-electron chi connectivity index (χ2n) is 8.29. The first-order chi connectivity index (χ1) is 14.8. The molecule has 3 aromatic rings. The maximum Gasteiger partial charge on any atom is 0.418 e. The van der Waals surface area contributed by atoms with Gasteiger partial charge in [-0.05, 0) is 77.8 Å². The molecule has 2 saturated carbocycles. The summed E-state index contributed by atoms with van der Waals surface area (Å²) in [6.07, 6.45) is 4.57. The molecule has 0 radical (unpaired) electrons. The largest absolute Gasteiger partial charge is 0.418 e. The van der Waals surface area contributed by atoms with Gasteiger partial charge in [-0.25, -0.2) is 4.79 Å². The molecule has 4 heteroatoms. The minimum absolute atomic E-state index is 0.246. The molecule has 2 bridgehead atoms. The van der Waals surface area contributed by atoms with Gasteiger partial charge in [0, 0.05) is 20.7 Å². The van der Waals surface area contributed by atoms with Crippen LogP contribution in [0.25, 0.3) is 0 Å². The zero-order valence-corrected chi connectivity index (χ0v) is 17.8. The van der Waals surface area contributed by atoms with Gasteiger partial charge in [0.2, 0.25) is 0 Å². The Labute approximate surface area is 180 Å². The molecule has 0 aromatic heterocycles. The molecule has 1 amide bonds. The Bertz CT molecular complexity index is 897. The van der Waals surface area contributed by atoms with E-state index in [1.54, 1.807) is 0 Å². The number of rotatable bonds is 5. The summed E-state index contributed by atoms with van der Waals surface area (Å²) >= 11 is 0. The van der Waals surface area contributed by atoms with Crippen LogP contribution in [-0.2, 0) is 4.18 Å². The van der Waals surface area contributed by atoms with Crippen LogP contribution in [0.5, 0.6) is 0 Å². The van der Waals surface area contributed by atoms with Crippen LogP contribution in [0.1, 0.15) is 25.7 Å². The van der Waals surface area contributed by atoms with Crippen molar-refractivity contribution in [1.82, 2.24) is 5.32 Å². The van der Waals surface area contributed by atoms with Gasteiger partial charge in [0.25, 0.3) is 0 Å². The van der Waals surface area contributed by atoms with E-state index >= 15 is 0 Å². The van der Waals surface area contributed by atoms with Crippen molar-refractivity contribution >= 4 is 16.4 Å².